The molecule has 0 fully saturated rings. The quantitative estimate of drug-likeness (QED) is 0.0744. The number of rotatable bonds is 14. The maximum absolute atomic E-state index is 13.6. The maximum atomic E-state index is 13.6. The van der Waals surface area contributed by atoms with Gasteiger partial charge in [0.15, 0.2) is 17.2 Å². The van der Waals surface area contributed by atoms with Crippen LogP contribution in [0.3, 0.4) is 0 Å². The molecule has 0 saturated heterocycles. The smallest absolute Gasteiger partial charge is 0.257 e. The number of hydrogen-bond donors (Lipinski definition) is 0. The van der Waals surface area contributed by atoms with E-state index in [1.54, 1.807) is 38.5 Å². The van der Waals surface area contributed by atoms with Gasteiger partial charge in [0.1, 0.15) is 19.0 Å². The molecule has 0 unspecified atom stereocenters. The van der Waals surface area contributed by atoms with Crippen LogP contribution in [0.15, 0.2) is 82.8 Å². The number of fused-ring (bicyclic) bond motifs is 3. The largest absolute Gasteiger partial charge is 0.654 e. The first-order valence-corrected chi connectivity index (χ1v) is 17.6. The number of benzene rings is 4. The third-order valence-corrected chi connectivity index (χ3v) is 8.64. The Balaban J connectivity index is 0.000000519. The summed E-state index contributed by atoms with van der Waals surface area (Å²) in [6.45, 7) is 14.6. The summed E-state index contributed by atoms with van der Waals surface area (Å²) in [5.41, 5.74) is 6.03. The van der Waals surface area contributed by atoms with E-state index in [-0.39, 0.29) is 30.5 Å². The molecule has 0 aliphatic carbocycles. The SMILES string of the molecule is CC.O=C[N-]Cc1[c-]cccc1.[CH-]=Nc1cc(OCCN(C)CCOc2cc3c(cc2OC)C(=O)N2Cc4ccccc4C[C@H]2C=N3)c(OC)cc1C.[V]. The van der Waals surface area contributed by atoms with Crippen LogP contribution in [0.5, 0.6) is 23.0 Å². The van der Waals surface area contributed by atoms with Crippen molar-refractivity contribution in [1.82, 2.24) is 9.80 Å². The van der Waals surface area contributed by atoms with Gasteiger partial charge in [-0.25, -0.2) is 0 Å². The first kappa shape index (κ1) is 43.3. The second kappa shape index (κ2) is 22.2. The van der Waals surface area contributed by atoms with Crippen molar-refractivity contribution in [2.75, 3.05) is 47.6 Å². The van der Waals surface area contributed by atoms with Gasteiger partial charge in [0.05, 0.1) is 31.5 Å². The van der Waals surface area contributed by atoms with Crippen molar-refractivity contribution in [1.29, 1.82) is 0 Å². The minimum Gasteiger partial charge on any atom is -0.654 e. The second-order valence-corrected chi connectivity index (χ2v) is 12.0. The summed E-state index contributed by atoms with van der Waals surface area (Å²) in [6.07, 6.45) is 3.17. The third kappa shape index (κ3) is 11.5. The molecule has 0 N–H and O–H groups in total. The predicted octanol–water partition coefficient (Wildman–Crippen LogP) is 7.43. The molecule has 11 nitrogen and oxygen atoms in total. The van der Waals surface area contributed by atoms with Crippen LogP contribution >= 0.6 is 0 Å². The Morgan fingerprint density at radius 2 is 1.61 bits per heavy atom. The van der Waals surface area contributed by atoms with E-state index in [4.69, 9.17) is 30.7 Å². The molecule has 1 radical (unpaired) electrons. The van der Waals surface area contributed by atoms with E-state index in [1.165, 1.54) is 11.1 Å². The number of amides is 2. The summed E-state index contributed by atoms with van der Waals surface area (Å²) in [5, 5.41) is 3.53. The number of hydrogen-bond acceptors (Lipinski definition) is 9. The molecule has 4 aromatic rings. The monoisotopic (exact) mass is 769 g/mol. The van der Waals surface area contributed by atoms with Crippen molar-refractivity contribution in [2.24, 2.45) is 9.98 Å². The average Bonchev–Trinajstić information content (AvgIpc) is 3.32. The van der Waals surface area contributed by atoms with E-state index < -0.39 is 0 Å². The van der Waals surface area contributed by atoms with Gasteiger partial charge in [-0.2, -0.15) is 42.6 Å². The Hall–Kier alpha value is -5.10. The molecule has 4 aromatic carbocycles. The molecule has 2 aliphatic heterocycles. The van der Waals surface area contributed by atoms with Crippen LogP contribution in [0.2, 0.25) is 0 Å². The summed E-state index contributed by atoms with van der Waals surface area (Å²) < 4.78 is 23.1. The van der Waals surface area contributed by atoms with E-state index in [1.807, 2.05) is 75.3 Å². The molecule has 2 heterocycles. The summed E-state index contributed by atoms with van der Waals surface area (Å²) in [5.74, 6) is 2.22. The van der Waals surface area contributed by atoms with E-state index >= 15 is 0 Å². The van der Waals surface area contributed by atoms with Gasteiger partial charge < -0.3 is 39.0 Å². The van der Waals surface area contributed by atoms with Crippen LogP contribution in [0.1, 0.15) is 46.5 Å². The van der Waals surface area contributed by atoms with Gasteiger partial charge in [-0.05, 0) is 36.7 Å². The summed E-state index contributed by atoms with van der Waals surface area (Å²) in [6, 6.07) is 25.7. The zero-order valence-corrected chi connectivity index (χ0v) is 33.2. The first-order valence-electron chi connectivity index (χ1n) is 17.6. The number of ether oxygens (including phenoxy) is 4. The summed E-state index contributed by atoms with van der Waals surface area (Å²) in [7, 11) is 5.17. The molecule has 0 spiro atoms. The fourth-order valence-electron chi connectivity index (χ4n) is 5.78. The minimum atomic E-state index is -0.0906. The molecular weight excluding hydrogens is 721 g/mol. The Labute approximate surface area is 331 Å². The number of likely N-dealkylation sites (N-methyl/N-ethyl adjacent to an activating group) is 1. The Bertz CT molecular complexity index is 1850. The van der Waals surface area contributed by atoms with Crippen LogP contribution in [0, 0.1) is 13.0 Å². The topological polar surface area (TPSA) is 116 Å². The van der Waals surface area contributed by atoms with Gasteiger partial charge in [0.25, 0.3) is 5.91 Å². The number of aryl methyl sites for hydroxylation is 1. The zero-order valence-electron chi connectivity index (χ0n) is 31.8. The normalized spacial score (nSPS) is 13.5. The van der Waals surface area contributed by atoms with Crippen molar-refractivity contribution >= 4 is 36.6 Å². The van der Waals surface area contributed by atoms with Crippen LogP contribution in [-0.4, -0.2) is 88.7 Å². The molecule has 54 heavy (non-hydrogen) atoms. The van der Waals surface area contributed by atoms with Gasteiger partial charge in [-0.15, -0.1) is 12.1 Å². The Morgan fingerprint density at radius 3 is 2.24 bits per heavy atom. The molecule has 6 rings (SSSR count). The van der Waals surface area contributed by atoms with Crippen LogP contribution in [0.4, 0.5) is 11.4 Å². The van der Waals surface area contributed by atoms with E-state index in [0.717, 1.165) is 17.5 Å². The standard InChI is InChI=1S/C32H35N4O5.C8H8NO.C2H6.V/c1-21-14-28(38-4)30(17-26(21)33-2)40-12-10-35(3)11-13-41-31-18-27-25(16-29(31)39-5)32(37)36-20-23-9-7-6-8-22(23)15-24(36)19-34-27;10-7-9-6-8-4-2-1-3-5-8;1-2;/h2,6-9,14,16-19,24H,10-13,15,20H2,1,3-5H3;1-4,7H,6H2,(H,9,10);1-2H3;/q2*-1;;/p-1/t24-;;;/m0.../s1. The van der Waals surface area contributed by atoms with Gasteiger partial charge in [-0.1, -0.05) is 56.8 Å². The maximum Gasteiger partial charge on any atom is 0.257 e. The molecule has 2 aliphatic rings. The molecule has 285 valence electrons. The average molecular weight is 770 g/mol. The van der Waals surface area contributed by atoms with Gasteiger partial charge in [0.2, 0.25) is 0 Å². The molecule has 0 saturated carbocycles. The number of aliphatic imine (C=N–C) groups is 2. The fraction of sp³-hybridized carbons (Fsp3) is 0.333. The minimum absolute atomic E-state index is 0. The fourth-order valence-corrected chi connectivity index (χ4v) is 5.78. The van der Waals surface area contributed by atoms with Crippen molar-refractivity contribution in [3.63, 3.8) is 0 Å². The number of nitrogens with zero attached hydrogens (tertiary/aromatic N) is 5. The van der Waals surface area contributed by atoms with Gasteiger partial charge >= 0.3 is 0 Å². The van der Waals surface area contributed by atoms with Crippen LogP contribution in [0.25, 0.3) is 5.32 Å². The van der Waals surface area contributed by atoms with Gasteiger partial charge in [0, 0.05) is 56.9 Å². The van der Waals surface area contributed by atoms with Crippen LogP contribution in [-0.2, 0) is 42.9 Å². The Morgan fingerprint density at radius 1 is 0.963 bits per heavy atom. The molecule has 12 heteroatoms. The second-order valence-electron chi connectivity index (χ2n) is 12.0. The molecule has 2 amide bonds. The number of carbonyl (C=O) groups is 2. The predicted molar refractivity (Wildman–Crippen MR) is 209 cm³/mol. The Kier molecular flexibility index (Phi) is 17.8. The third-order valence-electron chi connectivity index (χ3n) is 8.64. The number of carbonyl (C=O) groups excluding carboxylic acids is 2. The van der Waals surface area contributed by atoms with E-state index in [2.05, 4.69) is 33.4 Å². The van der Waals surface area contributed by atoms with E-state index in [0.29, 0.717) is 85.7 Å². The molecule has 1 atom stereocenters. The number of methoxy groups -OCH3 is 2. The summed E-state index contributed by atoms with van der Waals surface area (Å²) >= 11 is 0. The molecular formula is C42H48N5O6V-3. The zero-order chi connectivity index (χ0) is 38.2. The van der Waals surface area contributed by atoms with Crippen molar-refractivity contribution in [2.45, 2.75) is 46.3 Å². The molecule has 0 aromatic heterocycles. The van der Waals surface area contributed by atoms with Crippen molar-refractivity contribution in [3.8, 4) is 23.0 Å². The molecule has 0 bridgehead atoms. The van der Waals surface area contributed by atoms with E-state index in [9.17, 15) is 9.59 Å². The van der Waals surface area contributed by atoms with Crippen LogP contribution < -0.4 is 18.9 Å². The van der Waals surface area contributed by atoms with Crippen molar-refractivity contribution < 1.29 is 47.1 Å². The van der Waals surface area contributed by atoms with Crippen molar-refractivity contribution in [3.05, 3.63) is 112 Å². The first-order chi connectivity index (χ1) is 25.8. The van der Waals surface area contributed by atoms with Gasteiger partial charge in [-0.3, -0.25) is 14.7 Å². The summed E-state index contributed by atoms with van der Waals surface area (Å²) in [4.78, 5) is 35.8.